The van der Waals surface area contributed by atoms with Gasteiger partial charge >= 0.3 is 0 Å². The zero-order chi connectivity index (χ0) is 21.8. The van der Waals surface area contributed by atoms with Gasteiger partial charge in [-0.1, -0.05) is 52.5 Å². The minimum Gasteiger partial charge on any atom is -0.333 e. The van der Waals surface area contributed by atoms with E-state index >= 15 is 0 Å². The largest absolute Gasteiger partial charge is 0.333 e. The average molecular weight is 355 g/mol. The van der Waals surface area contributed by atoms with E-state index in [1.165, 1.54) is 7.05 Å². The second kappa shape index (κ2) is 43.2. The molecule has 0 amide bonds. The van der Waals surface area contributed by atoms with Crippen LogP contribution in [0.25, 0.3) is 0 Å². The van der Waals surface area contributed by atoms with Gasteiger partial charge in [0.2, 0.25) is 0 Å². The van der Waals surface area contributed by atoms with Crippen molar-refractivity contribution in [2.45, 2.75) is 48.0 Å². The van der Waals surface area contributed by atoms with Crippen LogP contribution in [0.5, 0.6) is 0 Å². The molecule has 0 aromatic carbocycles. The van der Waals surface area contributed by atoms with Crippen LogP contribution >= 0.6 is 0 Å². The summed E-state index contributed by atoms with van der Waals surface area (Å²) in [7, 11) is 7.50. The van der Waals surface area contributed by atoms with Crippen molar-refractivity contribution >= 4 is 5.78 Å². The minimum absolute atomic E-state index is 0.0749. The van der Waals surface area contributed by atoms with E-state index in [9.17, 15) is 4.79 Å². The zero-order valence-corrected chi connectivity index (χ0v) is 18.8. The highest BCUT2D eigenvalue weighted by Crippen LogP contribution is 2.09. The maximum Gasteiger partial charge on any atom is 0.159 e. The first-order valence-corrected chi connectivity index (χ1v) is 8.68. The Labute approximate surface area is 159 Å². The molecule has 0 atom stereocenters. The summed E-state index contributed by atoms with van der Waals surface area (Å²) >= 11 is 0. The van der Waals surface area contributed by atoms with Crippen LogP contribution in [-0.4, -0.2) is 38.9 Å². The van der Waals surface area contributed by atoms with Gasteiger partial charge in [-0.3, -0.25) is 4.79 Å². The molecule has 0 radical (unpaired) electrons. The van der Waals surface area contributed by atoms with Crippen molar-refractivity contribution in [3.8, 4) is 0 Å². The van der Waals surface area contributed by atoms with Gasteiger partial charge in [0.25, 0.3) is 0 Å². The van der Waals surface area contributed by atoms with Crippen molar-refractivity contribution in [2.75, 3.05) is 28.2 Å². The smallest absolute Gasteiger partial charge is 0.159 e. The van der Waals surface area contributed by atoms with E-state index in [0.717, 1.165) is 17.6 Å². The number of carbonyl (C=O) groups excluding carboxylic acids is 1. The van der Waals surface area contributed by atoms with Crippen LogP contribution in [-0.2, 0) is 4.79 Å². The summed E-state index contributed by atoms with van der Waals surface area (Å²) < 4.78 is 0. The first-order valence-electron chi connectivity index (χ1n) is 8.68. The monoisotopic (exact) mass is 354 g/mol. The highest BCUT2D eigenvalue weighted by molar-refractivity contribution is 5.96. The van der Waals surface area contributed by atoms with Crippen LogP contribution < -0.4 is 5.73 Å². The summed E-state index contributed by atoms with van der Waals surface area (Å²) in [6.07, 6.45) is 7.93. The number of nitrogens with two attached hydrogens (primary N) is 1. The van der Waals surface area contributed by atoms with Gasteiger partial charge in [-0.15, -0.1) is 19.7 Å². The van der Waals surface area contributed by atoms with Crippen molar-refractivity contribution in [2.24, 2.45) is 5.73 Å². The van der Waals surface area contributed by atoms with Crippen LogP contribution in [0.4, 0.5) is 0 Å². The van der Waals surface area contributed by atoms with E-state index in [-0.39, 0.29) is 5.78 Å². The Hall–Kier alpha value is -1.71. The number of hydrogen-bond acceptors (Lipinski definition) is 3. The molecule has 0 bridgehead atoms. The molecule has 150 valence electrons. The Balaban J connectivity index is -0.0000000625. The molecule has 0 aliphatic rings. The highest BCUT2D eigenvalue weighted by Gasteiger charge is 1.98. The molecule has 2 N–H and O–H groups in total. The molecule has 3 heteroatoms. The number of Topliss-reactive ketones (excluding diaryl/α,β-unsaturated/α-hetero) is 1. The molecule has 25 heavy (non-hydrogen) atoms. The molecule has 0 aromatic rings. The van der Waals surface area contributed by atoms with Gasteiger partial charge in [-0.05, 0) is 60.1 Å². The lowest BCUT2D eigenvalue weighted by Gasteiger charge is -1.99. The fourth-order valence-electron chi connectivity index (χ4n) is 0.956. The SMILES string of the molecule is C=C.C=CC/C(C=C)=C\C(=C/C)C(C)=O.CC.CC.CN.CN(C)C. The van der Waals surface area contributed by atoms with E-state index in [0.29, 0.717) is 0 Å². The Bertz CT molecular complexity index is 324. The molecule has 0 saturated carbocycles. The Morgan fingerprint density at radius 3 is 1.48 bits per heavy atom. The van der Waals surface area contributed by atoms with Crippen LogP contribution in [0.1, 0.15) is 48.0 Å². The lowest BCUT2D eigenvalue weighted by atomic mass is 10.1. The van der Waals surface area contributed by atoms with E-state index in [1.807, 2.05) is 66.7 Å². The number of nitrogens with zero attached hydrogens (tertiary/aromatic N) is 1. The third-order valence-electron chi connectivity index (χ3n) is 1.70. The molecule has 0 aliphatic carbocycles. The van der Waals surface area contributed by atoms with E-state index in [4.69, 9.17) is 0 Å². The molecule has 0 saturated heterocycles. The zero-order valence-electron chi connectivity index (χ0n) is 18.8. The number of ketones is 1. The van der Waals surface area contributed by atoms with Crippen molar-refractivity contribution < 1.29 is 4.79 Å². The van der Waals surface area contributed by atoms with Crippen molar-refractivity contribution in [3.05, 3.63) is 61.8 Å². The lowest BCUT2D eigenvalue weighted by Crippen LogP contribution is -1.99. The molecule has 0 spiro atoms. The van der Waals surface area contributed by atoms with E-state index in [2.05, 4.69) is 32.0 Å². The summed E-state index contributed by atoms with van der Waals surface area (Å²) in [5.41, 5.74) is 6.23. The molecule has 0 aliphatic heterocycles. The van der Waals surface area contributed by atoms with Crippen molar-refractivity contribution in [1.29, 1.82) is 0 Å². The van der Waals surface area contributed by atoms with Gasteiger partial charge in [0.05, 0.1) is 0 Å². The number of allylic oxidation sites excluding steroid dienone is 6. The molecule has 3 nitrogen and oxygen atoms in total. The predicted molar refractivity (Wildman–Crippen MR) is 121 cm³/mol. The second-order valence-electron chi connectivity index (χ2n) is 4.06. The Kier molecular flexibility index (Phi) is 66.9. The number of rotatable bonds is 5. The Morgan fingerprint density at radius 2 is 1.32 bits per heavy atom. The summed E-state index contributed by atoms with van der Waals surface area (Å²) in [4.78, 5) is 13.1. The second-order valence-corrected chi connectivity index (χ2v) is 4.06. The number of carbonyl (C=O) groups is 1. The molecular formula is C22H46N2O. The fraction of sp³-hybridized carbons (Fsp3) is 0.500. The van der Waals surface area contributed by atoms with Crippen molar-refractivity contribution in [3.63, 3.8) is 0 Å². The summed E-state index contributed by atoms with van der Waals surface area (Å²) in [5.74, 6) is 0.0749. The molecule has 0 heterocycles. The average Bonchev–Trinajstić information content (AvgIpc) is 2.64. The summed E-state index contributed by atoms with van der Waals surface area (Å²) in [6.45, 7) is 24.7. The fourth-order valence-corrected chi connectivity index (χ4v) is 0.956. The van der Waals surface area contributed by atoms with Gasteiger partial charge in [0.15, 0.2) is 5.78 Å². The molecule has 0 rings (SSSR count). The highest BCUT2D eigenvalue weighted by atomic mass is 16.1. The standard InChI is InChI=1S/C12H16O.C3H9N.2C2H6.C2H4.CH5N/c1-5-8-11(6-2)9-12(7-3)10(4)13;1-4(2)3;4*1-2/h5-7,9H,1-2,8H2,3-4H3;1-3H3;2*1-2H3;1-2H2;2H2,1H3/b11-9-,12-7+;;;;;. The summed E-state index contributed by atoms with van der Waals surface area (Å²) in [5, 5.41) is 0. The molecule has 0 unspecified atom stereocenters. The quantitative estimate of drug-likeness (QED) is 0.384. The lowest BCUT2D eigenvalue weighted by molar-refractivity contribution is -0.113. The van der Waals surface area contributed by atoms with Gasteiger partial charge in [-0.25, -0.2) is 0 Å². The maximum absolute atomic E-state index is 11.1. The Morgan fingerprint density at radius 1 is 1.00 bits per heavy atom. The van der Waals surface area contributed by atoms with Gasteiger partial charge in [0, 0.05) is 5.57 Å². The topological polar surface area (TPSA) is 46.3 Å². The normalized spacial score (nSPS) is 8.80. The van der Waals surface area contributed by atoms with Crippen LogP contribution in [0.15, 0.2) is 61.8 Å². The predicted octanol–water partition coefficient (Wildman–Crippen LogP) is 5.82. The van der Waals surface area contributed by atoms with Gasteiger partial charge in [-0.2, -0.15) is 0 Å². The third kappa shape index (κ3) is 52.0. The first kappa shape index (κ1) is 38.7. The summed E-state index contributed by atoms with van der Waals surface area (Å²) in [6, 6.07) is 0. The maximum atomic E-state index is 11.1. The third-order valence-corrected chi connectivity index (χ3v) is 1.70. The van der Waals surface area contributed by atoms with Gasteiger partial charge in [0.1, 0.15) is 0 Å². The van der Waals surface area contributed by atoms with Gasteiger partial charge < -0.3 is 10.6 Å². The van der Waals surface area contributed by atoms with E-state index in [1.54, 1.807) is 25.2 Å². The first-order chi connectivity index (χ1) is 11.9. The molecule has 0 fully saturated rings. The minimum atomic E-state index is 0.0749. The number of hydrogen-bond donors (Lipinski definition) is 1. The van der Waals surface area contributed by atoms with Crippen LogP contribution in [0, 0.1) is 0 Å². The molecular weight excluding hydrogens is 308 g/mol. The van der Waals surface area contributed by atoms with Crippen LogP contribution in [0.3, 0.4) is 0 Å². The van der Waals surface area contributed by atoms with Crippen LogP contribution in [0.2, 0.25) is 0 Å². The van der Waals surface area contributed by atoms with E-state index < -0.39 is 0 Å². The van der Waals surface area contributed by atoms with Crippen molar-refractivity contribution in [1.82, 2.24) is 4.90 Å². The molecule has 0 aromatic heterocycles.